The Labute approximate surface area is 111 Å². The monoisotopic (exact) mass is 262 g/mol. The molecule has 1 atom stereocenters. The van der Waals surface area contributed by atoms with E-state index in [1.165, 1.54) is 12.1 Å². The van der Waals surface area contributed by atoms with E-state index in [-0.39, 0.29) is 6.42 Å². The predicted molar refractivity (Wildman–Crippen MR) is 70.9 cm³/mol. The zero-order valence-corrected chi connectivity index (χ0v) is 11.0. The first-order chi connectivity index (χ1) is 8.95. The second-order valence-corrected chi connectivity index (χ2v) is 4.86. The number of halogens is 2. The molecule has 0 saturated carbocycles. The van der Waals surface area contributed by atoms with E-state index < -0.39 is 17.7 Å². The largest absolute Gasteiger partial charge is 0.388 e. The maximum atomic E-state index is 13.1. The van der Waals surface area contributed by atoms with Crippen LogP contribution >= 0.6 is 0 Å². The molecule has 2 rings (SSSR count). The fourth-order valence-corrected chi connectivity index (χ4v) is 2.26. The molecule has 1 unspecified atom stereocenters. The van der Waals surface area contributed by atoms with E-state index in [9.17, 15) is 13.9 Å². The lowest BCUT2D eigenvalue weighted by atomic mass is 9.96. The van der Waals surface area contributed by atoms with E-state index in [1.54, 1.807) is 0 Å². The van der Waals surface area contributed by atoms with Gasteiger partial charge in [-0.25, -0.2) is 8.78 Å². The second-order valence-electron chi connectivity index (χ2n) is 4.86. The van der Waals surface area contributed by atoms with Crippen LogP contribution in [0.1, 0.15) is 28.4 Å². The van der Waals surface area contributed by atoms with Gasteiger partial charge in [0.1, 0.15) is 11.6 Å². The zero-order valence-electron chi connectivity index (χ0n) is 11.0. The van der Waals surface area contributed by atoms with Gasteiger partial charge in [0.25, 0.3) is 0 Å². The molecular formula is C16H16F2O. The molecule has 0 aliphatic heterocycles. The molecule has 0 bridgehead atoms. The minimum atomic E-state index is -0.762. The highest BCUT2D eigenvalue weighted by atomic mass is 19.1. The molecule has 0 radical (unpaired) electrons. The topological polar surface area (TPSA) is 20.2 Å². The average Bonchev–Trinajstić information content (AvgIpc) is 2.26. The van der Waals surface area contributed by atoms with Crippen LogP contribution < -0.4 is 0 Å². The molecule has 0 spiro atoms. The molecule has 0 aliphatic rings. The fraction of sp³-hybridized carbons (Fsp3) is 0.250. The first-order valence-electron chi connectivity index (χ1n) is 6.16. The van der Waals surface area contributed by atoms with E-state index in [2.05, 4.69) is 0 Å². The molecule has 0 aromatic heterocycles. The van der Waals surface area contributed by atoms with Gasteiger partial charge in [0.2, 0.25) is 0 Å². The van der Waals surface area contributed by atoms with Crippen molar-refractivity contribution in [3.63, 3.8) is 0 Å². The highest BCUT2D eigenvalue weighted by Gasteiger charge is 2.12. The van der Waals surface area contributed by atoms with Gasteiger partial charge in [0.05, 0.1) is 6.10 Å². The van der Waals surface area contributed by atoms with Crippen molar-refractivity contribution in [2.75, 3.05) is 0 Å². The van der Waals surface area contributed by atoms with Gasteiger partial charge in [-0.05, 0) is 42.7 Å². The summed E-state index contributed by atoms with van der Waals surface area (Å²) in [5.41, 5.74) is 3.33. The Morgan fingerprint density at radius 2 is 1.63 bits per heavy atom. The SMILES string of the molecule is Cc1ccc(C(O)Cc2cc(F)cc(F)c2)c(C)c1. The van der Waals surface area contributed by atoms with Gasteiger partial charge in [-0.15, -0.1) is 0 Å². The van der Waals surface area contributed by atoms with Gasteiger partial charge < -0.3 is 5.11 Å². The van der Waals surface area contributed by atoms with Crippen LogP contribution in [-0.2, 0) is 6.42 Å². The summed E-state index contributed by atoms with van der Waals surface area (Å²) >= 11 is 0. The number of aliphatic hydroxyl groups excluding tert-OH is 1. The lowest BCUT2D eigenvalue weighted by molar-refractivity contribution is 0.177. The standard InChI is InChI=1S/C16H16F2O/c1-10-3-4-15(11(2)5-10)16(19)8-12-6-13(17)9-14(18)7-12/h3-7,9,16,19H,8H2,1-2H3. The Hall–Kier alpha value is -1.74. The Kier molecular flexibility index (Phi) is 3.96. The van der Waals surface area contributed by atoms with Gasteiger partial charge in [-0.2, -0.15) is 0 Å². The van der Waals surface area contributed by atoms with Crippen LogP contribution in [0.25, 0.3) is 0 Å². The van der Waals surface area contributed by atoms with Crippen molar-refractivity contribution >= 4 is 0 Å². The Bertz CT molecular complexity index is 573. The number of benzene rings is 2. The molecule has 100 valence electrons. The van der Waals surface area contributed by atoms with Gasteiger partial charge >= 0.3 is 0 Å². The molecule has 0 amide bonds. The molecule has 0 saturated heterocycles. The summed E-state index contributed by atoms with van der Waals surface area (Å²) in [6, 6.07) is 9.06. The van der Waals surface area contributed by atoms with Crippen molar-refractivity contribution in [1.29, 1.82) is 0 Å². The van der Waals surface area contributed by atoms with Gasteiger partial charge in [-0.3, -0.25) is 0 Å². The number of aliphatic hydroxyl groups is 1. The van der Waals surface area contributed by atoms with Crippen molar-refractivity contribution in [3.8, 4) is 0 Å². The lowest BCUT2D eigenvalue weighted by Gasteiger charge is -2.14. The summed E-state index contributed by atoms with van der Waals surface area (Å²) in [6.45, 7) is 3.89. The Morgan fingerprint density at radius 1 is 1.00 bits per heavy atom. The van der Waals surface area contributed by atoms with Crippen molar-refractivity contribution in [1.82, 2.24) is 0 Å². The Morgan fingerprint density at radius 3 is 2.21 bits per heavy atom. The summed E-state index contributed by atoms with van der Waals surface area (Å²) in [6.07, 6.45) is -0.569. The molecule has 2 aromatic rings. The summed E-state index contributed by atoms with van der Waals surface area (Å²) < 4.78 is 26.2. The maximum Gasteiger partial charge on any atom is 0.126 e. The zero-order chi connectivity index (χ0) is 14.0. The molecular weight excluding hydrogens is 246 g/mol. The fourth-order valence-electron chi connectivity index (χ4n) is 2.26. The number of rotatable bonds is 3. The summed E-state index contributed by atoms with van der Waals surface area (Å²) in [5, 5.41) is 10.2. The smallest absolute Gasteiger partial charge is 0.126 e. The summed E-state index contributed by atoms with van der Waals surface area (Å²) in [7, 11) is 0. The molecule has 0 fully saturated rings. The third kappa shape index (κ3) is 3.38. The van der Waals surface area contributed by atoms with Crippen LogP contribution in [0, 0.1) is 25.5 Å². The summed E-state index contributed by atoms with van der Waals surface area (Å²) in [4.78, 5) is 0. The summed E-state index contributed by atoms with van der Waals surface area (Å²) in [5.74, 6) is -1.24. The van der Waals surface area contributed by atoms with E-state index in [4.69, 9.17) is 0 Å². The van der Waals surface area contributed by atoms with Crippen LogP contribution in [0.15, 0.2) is 36.4 Å². The number of hydrogen-bond acceptors (Lipinski definition) is 1. The molecule has 0 aliphatic carbocycles. The molecule has 1 N–H and O–H groups in total. The van der Waals surface area contributed by atoms with E-state index in [1.807, 2.05) is 32.0 Å². The Balaban J connectivity index is 2.22. The number of aryl methyl sites for hydroxylation is 2. The van der Waals surface area contributed by atoms with Crippen molar-refractivity contribution in [3.05, 3.63) is 70.3 Å². The lowest BCUT2D eigenvalue weighted by Crippen LogP contribution is -2.04. The van der Waals surface area contributed by atoms with Gasteiger partial charge in [0.15, 0.2) is 0 Å². The van der Waals surface area contributed by atoms with Crippen LogP contribution in [0.5, 0.6) is 0 Å². The van der Waals surface area contributed by atoms with E-state index in [0.717, 1.165) is 22.8 Å². The minimum Gasteiger partial charge on any atom is -0.388 e. The van der Waals surface area contributed by atoms with Crippen LogP contribution in [0.3, 0.4) is 0 Å². The molecule has 2 aromatic carbocycles. The van der Waals surface area contributed by atoms with Gasteiger partial charge in [0, 0.05) is 12.5 Å². The highest BCUT2D eigenvalue weighted by Crippen LogP contribution is 2.23. The normalized spacial score (nSPS) is 12.5. The van der Waals surface area contributed by atoms with Crippen molar-refractivity contribution < 1.29 is 13.9 Å². The highest BCUT2D eigenvalue weighted by molar-refractivity contribution is 5.33. The van der Waals surface area contributed by atoms with Crippen LogP contribution in [-0.4, -0.2) is 5.11 Å². The van der Waals surface area contributed by atoms with Crippen LogP contribution in [0.4, 0.5) is 8.78 Å². The third-order valence-corrected chi connectivity index (χ3v) is 3.14. The molecule has 19 heavy (non-hydrogen) atoms. The third-order valence-electron chi connectivity index (χ3n) is 3.14. The first kappa shape index (κ1) is 13.7. The first-order valence-corrected chi connectivity index (χ1v) is 6.16. The number of hydrogen-bond donors (Lipinski definition) is 1. The van der Waals surface area contributed by atoms with Crippen LogP contribution in [0.2, 0.25) is 0 Å². The van der Waals surface area contributed by atoms with Gasteiger partial charge in [-0.1, -0.05) is 23.8 Å². The van der Waals surface area contributed by atoms with Crippen molar-refractivity contribution in [2.45, 2.75) is 26.4 Å². The predicted octanol–water partition coefficient (Wildman–Crippen LogP) is 3.86. The molecule has 0 heterocycles. The molecule has 3 heteroatoms. The second kappa shape index (κ2) is 5.49. The minimum absolute atomic E-state index is 0.193. The van der Waals surface area contributed by atoms with E-state index >= 15 is 0 Å². The molecule has 1 nitrogen and oxygen atoms in total. The van der Waals surface area contributed by atoms with Crippen molar-refractivity contribution in [2.24, 2.45) is 0 Å². The maximum absolute atomic E-state index is 13.1. The quantitative estimate of drug-likeness (QED) is 0.890. The van der Waals surface area contributed by atoms with E-state index in [0.29, 0.717) is 5.56 Å². The average molecular weight is 262 g/mol.